The fourth-order valence-electron chi connectivity index (χ4n) is 8.06. The van der Waals surface area contributed by atoms with Gasteiger partial charge in [-0.2, -0.15) is 0 Å². The maximum atomic E-state index is 6.63. The highest BCUT2D eigenvalue weighted by Crippen LogP contribution is 2.41. The predicted octanol–water partition coefficient (Wildman–Crippen LogP) is 14.5. The second-order valence-corrected chi connectivity index (χ2v) is 13.9. The zero-order valence-electron chi connectivity index (χ0n) is 29.7. The molecule has 0 aliphatic heterocycles. The number of para-hydroxylation sites is 2. The Balaban J connectivity index is 0.993. The van der Waals surface area contributed by atoms with Crippen molar-refractivity contribution >= 4 is 71.6 Å². The van der Waals surface area contributed by atoms with E-state index in [4.69, 9.17) is 13.8 Å². The molecule has 0 spiro atoms. The van der Waals surface area contributed by atoms with Gasteiger partial charge in [0.1, 0.15) is 16.7 Å². The summed E-state index contributed by atoms with van der Waals surface area (Å²) in [6.07, 6.45) is 0. The molecular weight excluding hydrogens is 673 g/mol. The van der Waals surface area contributed by atoms with Crippen LogP contribution in [-0.2, 0) is 0 Å². The minimum absolute atomic E-state index is 0.575. The van der Waals surface area contributed by atoms with E-state index in [0.29, 0.717) is 5.89 Å². The lowest BCUT2D eigenvalue weighted by atomic mass is 9.98. The molecule has 0 amide bonds. The first-order chi connectivity index (χ1) is 27.2. The van der Waals surface area contributed by atoms with Crippen LogP contribution in [0.15, 0.2) is 203 Å². The molecule has 55 heavy (non-hydrogen) atoms. The van der Waals surface area contributed by atoms with E-state index < -0.39 is 0 Å². The van der Waals surface area contributed by atoms with Crippen LogP contribution in [0.2, 0.25) is 0 Å². The molecule has 2 heterocycles. The minimum atomic E-state index is 0.575. The average Bonchev–Trinajstić information content (AvgIpc) is 3.86. The summed E-state index contributed by atoms with van der Waals surface area (Å²) in [7, 11) is 0. The van der Waals surface area contributed by atoms with Gasteiger partial charge in [-0.15, -0.1) is 0 Å². The van der Waals surface area contributed by atoms with Gasteiger partial charge in [0.05, 0.1) is 0 Å². The van der Waals surface area contributed by atoms with E-state index >= 15 is 0 Å². The van der Waals surface area contributed by atoms with E-state index in [9.17, 15) is 0 Å². The number of oxazole rings is 1. The second-order valence-electron chi connectivity index (χ2n) is 13.9. The molecule has 0 unspecified atom stereocenters. The van der Waals surface area contributed by atoms with Crippen LogP contribution in [0.25, 0.3) is 88.3 Å². The predicted molar refractivity (Wildman–Crippen MR) is 227 cm³/mol. The Bertz CT molecular complexity index is 3200. The number of furan rings is 1. The molecule has 2 aromatic heterocycles. The molecule has 0 atom stereocenters. The van der Waals surface area contributed by atoms with Crippen LogP contribution < -0.4 is 4.90 Å². The lowest BCUT2D eigenvalue weighted by Crippen LogP contribution is -2.09. The summed E-state index contributed by atoms with van der Waals surface area (Å²) in [6.45, 7) is 0. The van der Waals surface area contributed by atoms with E-state index in [1.54, 1.807) is 0 Å². The normalized spacial score (nSPS) is 11.6. The number of anilines is 3. The Morgan fingerprint density at radius 1 is 0.382 bits per heavy atom. The van der Waals surface area contributed by atoms with Crippen molar-refractivity contribution in [2.45, 2.75) is 0 Å². The maximum Gasteiger partial charge on any atom is 0.228 e. The second kappa shape index (κ2) is 12.6. The first-order valence-electron chi connectivity index (χ1n) is 18.5. The molecule has 0 radical (unpaired) electrons. The zero-order valence-corrected chi connectivity index (χ0v) is 29.7. The fraction of sp³-hybridized carbons (Fsp3) is 0. The maximum absolute atomic E-state index is 6.63. The first kappa shape index (κ1) is 31.1. The van der Waals surface area contributed by atoms with Gasteiger partial charge in [-0.25, -0.2) is 4.98 Å². The van der Waals surface area contributed by atoms with Crippen LogP contribution in [0, 0.1) is 0 Å². The summed E-state index contributed by atoms with van der Waals surface area (Å²) < 4.78 is 12.8. The fourth-order valence-corrected chi connectivity index (χ4v) is 8.06. The lowest BCUT2D eigenvalue weighted by molar-refractivity contribution is 0.621. The molecule has 0 N–H and O–H groups in total. The molecule has 0 fully saturated rings. The summed E-state index contributed by atoms with van der Waals surface area (Å²) in [4.78, 5) is 7.31. The summed E-state index contributed by atoms with van der Waals surface area (Å²) >= 11 is 0. The van der Waals surface area contributed by atoms with Crippen LogP contribution in [-0.4, -0.2) is 4.98 Å². The van der Waals surface area contributed by atoms with E-state index in [0.717, 1.165) is 66.8 Å². The third kappa shape index (κ3) is 5.26. The zero-order chi connectivity index (χ0) is 36.3. The topological polar surface area (TPSA) is 42.4 Å². The Hall–Kier alpha value is -7.43. The molecule has 258 valence electrons. The van der Waals surface area contributed by atoms with Gasteiger partial charge in [0.2, 0.25) is 5.89 Å². The molecule has 0 saturated heterocycles. The number of aromatic nitrogens is 1. The van der Waals surface area contributed by atoms with Gasteiger partial charge in [0.15, 0.2) is 5.58 Å². The molecule has 4 heteroatoms. The number of nitrogens with zero attached hydrogens (tertiary/aromatic N) is 2. The van der Waals surface area contributed by atoms with Crippen molar-refractivity contribution in [1.29, 1.82) is 0 Å². The third-order valence-corrected chi connectivity index (χ3v) is 10.7. The molecule has 4 nitrogen and oxygen atoms in total. The van der Waals surface area contributed by atoms with Gasteiger partial charge in [0.25, 0.3) is 0 Å². The highest BCUT2D eigenvalue weighted by Gasteiger charge is 2.19. The summed E-state index contributed by atoms with van der Waals surface area (Å²) in [6, 6.07) is 68.2. The Labute approximate surface area is 317 Å². The molecule has 0 bridgehead atoms. The third-order valence-electron chi connectivity index (χ3n) is 10.7. The van der Waals surface area contributed by atoms with Crippen molar-refractivity contribution < 1.29 is 8.83 Å². The first-order valence-corrected chi connectivity index (χ1v) is 18.5. The van der Waals surface area contributed by atoms with Crippen molar-refractivity contribution in [3.8, 4) is 33.7 Å². The highest BCUT2D eigenvalue weighted by atomic mass is 16.4. The standard InChI is InChI=1S/C51H32N2O2/c1-2-12-37-32-40(31-22-33(37)10-1)53(38-27-23-35(24-28-38)42-16-7-13-34-11-3-4-14-41(34)42)39-29-25-36(26-30-39)43-17-8-19-46-50(43)55-51(52-46)45-18-9-21-48-49(45)44-15-5-6-20-47(44)54-48/h1-32H. The van der Waals surface area contributed by atoms with Crippen molar-refractivity contribution in [3.05, 3.63) is 194 Å². The van der Waals surface area contributed by atoms with Gasteiger partial charge >= 0.3 is 0 Å². The summed E-state index contributed by atoms with van der Waals surface area (Å²) in [5.41, 5.74) is 11.8. The summed E-state index contributed by atoms with van der Waals surface area (Å²) in [5.74, 6) is 0.575. The van der Waals surface area contributed by atoms with Gasteiger partial charge in [-0.05, 0) is 98.9 Å². The average molecular weight is 705 g/mol. The number of fused-ring (bicyclic) bond motifs is 6. The molecule has 0 aliphatic rings. The Kier molecular flexibility index (Phi) is 7.14. The van der Waals surface area contributed by atoms with Crippen molar-refractivity contribution in [1.82, 2.24) is 4.98 Å². The minimum Gasteiger partial charge on any atom is -0.456 e. The van der Waals surface area contributed by atoms with Gasteiger partial charge in [-0.1, -0.05) is 133 Å². The molecule has 11 aromatic rings. The van der Waals surface area contributed by atoms with E-state index in [2.05, 4.69) is 157 Å². The van der Waals surface area contributed by atoms with Crippen molar-refractivity contribution in [3.63, 3.8) is 0 Å². The number of benzene rings is 9. The van der Waals surface area contributed by atoms with Gasteiger partial charge in [0, 0.05) is 39.0 Å². The molecule has 0 saturated carbocycles. The Morgan fingerprint density at radius 2 is 0.964 bits per heavy atom. The lowest BCUT2D eigenvalue weighted by Gasteiger charge is -2.26. The number of hydrogen-bond donors (Lipinski definition) is 0. The molecular formula is C51H32N2O2. The molecule has 9 aromatic carbocycles. The van der Waals surface area contributed by atoms with E-state index in [1.807, 2.05) is 42.5 Å². The molecule has 0 aliphatic carbocycles. The summed E-state index contributed by atoms with van der Waals surface area (Å²) in [5, 5.41) is 6.95. The van der Waals surface area contributed by atoms with Crippen LogP contribution in [0.3, 0.4) is 0 Å². The van der Waals surface area contributed by atoms with Crippen molar-refractivity contribution in [2.24, 2.45) is 0 Å². The smallest absolute Gasteiger partial charge is 0.228 e. The van der Waals surface area contributed by atoms with Crippen LogP contribution in [0.5, 0.6) is 0 Å². The van der Waals surface area contributed by atoms with Crippen LogP contribution in [0.4, 0.5) is 17.1 Å². The van der Waals surface area contributed by atoms with Crippen molar-refractivity contribution in [2.75, 3.05) is 4.90 Å². The molecule has 11 rings (SSSR count). The van der Waals surface area contributed by atoms with Crippen LogP contribution >= 0.6 is 0 Å². The van der Waals surface area contributed by atoms with Gasteiger partial charge < -0.3 is 13.7 Å². The van der Waals surface area contributed by atoms with E-state index in [1.165, 1.54) is 32.7 Å². The van der Waals surface area contributed by atoms with Gasteiger partial charge in [-0.3, -0.25) is 0 Å². The Morgan fingerprint density at radius 3 is 1.78 bits per heavy atom. The highest BCUT2D eigenvalue weighted by molar-refractivity contribution is 6.12. The monoisotopic (exact) mass is 704 g/mol. The largest absolute Gasteiger partial charge is 0.456 e. The number of rotatable bonds is 6. The quantitative estimate of drug-likeness (QED) is 0.173. The SMILES string of the molecule is c1ccc2cc(N(c3ccc(-c4cccc5ccccc45)cc3)c3ccc(-c4cccc5nc(-c6cccc7oc8ccccc8c67)oc45)cc3)ccc2c1. The number of hydrogen-bond acceptors (Lipinski definition) is 4. The van der Waals surface area contributed by atoms with Crippen LogP contribution in [0.1, 0.15) is 0 Å². The van der Waals surface area contributed by atoms with E-state index in [-0.39, 0.29) is 0 Å².